The van der Waals surface area contributed by atoms with Gasteiger partial charge in [0.15, 0.2) is 0 Å². The summed E-state index contributed by atoms with van der Waals surface area (Å²) < 4.78 is 5.20. The van der Waals surface area contributed by atoms with Crippen molar-refractivity contribution in [2.75, 3.05) is 20.2 Å². The van der Waals surface area contributed by atoms with Gasteiger partial charge in [-0.15, -0.1) is 0 Å². The van der Waals surface area contributed by atoms with Gasteiger partial charge in [0.1, 0.15) is 5.92 Å². The number of hydrogen-bond donors (Lipinski definition) is 0. The van der Waals surface area contributed by atoms with E-state index in [1.54, 1.807) is 18.9 Å². The van der Waals surface area contributed by atoms with E-state index in [1.165, 1.54) is 0 Å². The van der Waals surface area contributed by atoms with E-state index in [-0.39, 0.29) is 12.0 Å². The van der Waals surface area contributed by atoms with Gasteiger partial charge >= 0.3 is 0 Å². The Labute approximate surface area is 84.4 Å². The van der Waals surface area contributed by atoms with Crippen molar-refractivity contribution in [1.29, 1.82) is 5.26 Å². The van der Waals surface area contributed by atoms with Crippen molar-refractivity contribution < 1.29 is 9.53 Å². The van der Waals surface area contributed by atoms with Crippen LogP contribution in [-0.2, 0) is 9.53 Å². The van der Waals surface area contributed by atoms with Crippen LogP contribution in [0.4, 0.5) is 0 Å². The summed E-state index contributed by atoms with van der Waals surface area (Å²) in [5, 5.41) is 8.61. The molecule has 0 N–H and O–H groups in total. The molecule has 4 heteroatoms. The summed E-state index contributed by atoms with van der Waals surface area (Å²) in [6, 6.07) is 1.96. The monoisotopic (exact) mass is 196 g/mol. The Bertz CT molecular complexity index is 239. The molecule has 1 rings (SSSR count). The highest BCUT2D eigenvalue weighted by molar-refractivity contribution is 5.80. The number of carbonyl (C=O) groups is 1. The van der Waals surface area contributed by atoms with Crippen molar-refractivity contribution in [3.8, 4) is 6.07 Å². The Balaban J connectivity index is 2.42. The molecule has 0 aromatic carbocycles. The number of hydrogen-bond acceptors (Lipinski definition) is 3. The molecule has 14 heavy (non-hydrogen) atoms. The second-order valence-corrected chi connectivity index (χ2v) is 3.61. The van der Waals surface area contributed by atoms with Crippen LogP contribution in [0, 0.1) is 17.2 Å². The SMILES string of the molecule is COC1CCN(C(=O)C(C)C#N)CC1. The molecule has 1 unspecified atom stereocenters. The van der Waals surface area contributed by atoms with E-state index in [9.17, 15) is 4.79 Å². The molecule has 0 bridgehead atoms. The van der Waals surface area contributed by atoms with E-state index >= 15 is 0 Å². The van der Waals surface area contributed by atoms with E-state index in [2.05, 4.69) is 0 Å². The third-order valence-corrected chi connectivity index (χ3v) is 2.65. The zero-order valence-corrected chi connectivity index (χ0v) is 8.69. The number of likely N-dealkylation sites (tertiary alicyclic amines) is 1. The van der Waals surface area contributed by atoms with Crippen molar-refractivity contribution in [3.05, 3.63) is 0 Å². The summed E-state index contributed by atoms with van der Waals surface area (Å²) in [6.07, 6.45) is 2.03. The number of amides is 1. The number of piperidine rings is 1. The standard InChI is InChI=1S/C10H16N2O2/c1-8(7-11)10(13)12-5-3-9(14-2)4-6-12/h8-9H,3-6H2,1-2H3. The molecule has 1 saturated heterocycles. The first-order chi connectivity index (χ1) is 6.69. The first-order valence-electron chi connectivity index (χ1n) is 4.90. The first kappa shape index (κ1) is 11.0. The summed E-state index contributed by atoms with van der Waals surface area (Å²) in [5.74, 6) is -0.573. The van der Waals surface area contributed by atoms with E-state index in [1.807, 2.05) is 6.07 Å². The number of ether oxygens (including phenoxy) is 1. The molecule has 0 saturated carbocycles. The quantitative estimate of drug-likeness (QED) is 0.656. The number of carbonyl (C=O) groups excluding carboxylic acids is 1. The van der Waals surface area contributed by atoms with Crippen LogP contribution in [-0.4, -0.2) is 37.1 Å². The molecule has 1 atom stereocenters. The maximum atomic E-state index is 11.6. The fourth-order valence-corrected chi connectivity index (χ4v) is 1.64. The smallest absolute Gasteiger partial charge is 0.239 e. The molecule has 78 valence electrons. The fourth-order valence-electron chi connectivity index (χ4n) is 1.64. The molecular weight excluding hydrogens is 180 g/mol. The molecule has 0 aliphatic carbocycles. The average molecular weight is 196 g/mol. The first-order valence-corrected chi connectivity index (χ1v) is 4.90. The number of nitrogens with zero attached hydrogens (tertiary/aromatic N) is 2. The van der Waals surface area contributed by atoms with E-state index < -0.39 is 5.92 Å². The third-order valence-electron chi connectivity index (χ3n) is 2.65. The zero-order chi connectivity index (χ0) is 10.6. The van der Waals surface area contributed by atoms with Crippen LogP contribution in [0.25, 0.3) is 0 Å². The normalized spacial score (nSPS) is 20.2. The van der Waals surface area contributed by atoms with Crippen LogP contribution in [0.5, 0.6) is 0 Å². The lowest BCUT2D eigenvalue weighted by molar-refractivity contribution is -0.135. The maximum Gasteiger partial charge on any atom is 0.239 e. The molecule has 4 nitrogen and oxygen atoms in total. The average Bonchev–Trinajstić information content (AvgIpc) is 2.27. The lowest BCUT2D eigenvalue weighted by Crippen LogP contribution is -2.42. The largest absolute Gasteiger partial charge is 0.381 e. The van der Waals surface area contributed by atoms with Crippen LogP contribution >= 0.6 is 0 Å². The predicted octanol–water partition coefficient (Wildman–Crippen LogP) is 0.783. The zero-order valence-electron chi connectivity index (χ0n) is 8.69. The molecular formula is C10H16N2O2. The highest BCUT2D eigenvalue weighted by Gasteiger charge is 2.25. The molecule has 0 aromatic heterocycles. The van der Waals surface area contributed by atoms with Gasteiger partial charge in [-0.2, -0.15) is 5.26 Å². The highest BCUT2D eigenvalue weighted by Crippen LogP contribution is 2.14. The summed E-state index contributed by atoms with van der Waals surface area (Å²) in [6.45, 7) is 3.07. The van der Waals surface area contributed by atoms with Gasteiger partial charge in [0, 0.05) is 20.2 Å². The van der Waals surface area contributed by atoms with E-state index in [0.29, 0.717) is 13.1 Å². The highest BCUT2D eigenvalue weighted by atomic mass is 16.5. The van der Waals surface area contributed by atoms with Crippen LogP contribution in [0.15, 0.2) is 0 Å². The van der Waals surface area contributed by atoms with E-state index in [0.717, 1.165) is 12.8 Å². The van der Waals surface area contributed by atoms with Crippen LogP contribution in [0.3, 0.4) is 0 Å². The van der Waals surface area contributed by atoms with Crippen LogP contribution < -0.4 is 0 Å². The van der Waals surface area contributed by atoms with Gasteiger partial charge in [-0.1, -0.05) is 0 Å². The minimum atomic E-state index is -0.519. The lowest BCUT2D eigenvalue weighted by atomic mass is 10.1. The van der Waals surface area contributed by atoms with Crippen molar-refractivity contribution >= 4 is 5.91 Å². The Morgan fingerprint density at radius 3 is 2.57 bits per heavy atom. The second kappa shape index (κ2) is 4.97. The van der Waals surface area contributed by atoms with Crippen molar-refractivity contribution in [2.45, 2.75) is 25.9 Å². The molecule has 1 amide bonds. The van der Waals surface area contributed by atoms with E-state index in [4.69, 9.17) is 10.00 Å². The molecule has 1 aliphatic heterocycles. The fraction of sp³-hybridized carbons (Fsp3) is 0.800. The number of rotatable bonds is 2. The maximum absolute atomic E-state index is 11.6. The van der Waals surface area contributed by atoms with Crippen LogP contribution in [0.2, 0.25) is 0 Å². The van der Waals surface area contributed by atoms with Crippen molar-refractivity contribution in [1.82, 2.24) is 4.90 Å². The van der Waals surface area contributed by atoms with Crippen molar-refractivity contribution in [2.24, 2.45) is 5.92 Å². The van der Waals surface area contributed by atoms with Gasteiger partial charge in [-0.05, 0) is 19.8 Å². The molecule has 1 heterocycles. The Kier molecular flexibility index (Phi) is 3.90. The third kappa shape index (κ3) is 2.46. The number of nitriles is 1. The molecule has 0 radical (unpaired) electrons. The molecule has 0 aromatic rings. The number of methoxy groups -OCH3 is 1. The minimum absolute atomic E-state index is 0.0537. The second-order valence-electron chi connectivity index (χ2n) is 3.61. The summed E-state index contributed by atoms with van der Waals surface area (Å²) in [4.78, 5) is 13.3. The summed E-state index contributed by atoms with van der Waals surface area (Å²) >= 11 is 0. The van der Waals surface area contributed by atoms with Crippen molar-refractivity contribution in [3.63, 3.8) is 0 Å². The Morgan fingerprint density at radius 2 is 2.14 bits per heavy atom. The molecule has 1 aliphatic rings. The van der Waals surface area contributed by atoms with Gasteiger partial charge in [-0.25, -0.2) is 0 Å². The van der Waals surface area contributed by atoms with Gasteiger partial charge in [0.2, 0.25) is 5.91 Å². The van der Waals surface area contributed by atoms with Gasteiger partial charge < -0.3 is 9.64 Å². The van der Waals surface area contributed by atoms with Gasteiger partial charge in [-0.3, -0.25) is 4.79 Å². The molecule has 1 fully saturated rings. The lowest BCUT2D eigenvalue weighted by Gasteiger charge is -2.31. The summed E-state index contributed by atoms with van der Waals surface area (Å²) in [7, 11) is 1.69. The van der Waals surface area contributed by atoms with Gasteiger partial charge in [0.05, 0.1) is 12.2 Å². The Morgan fingerprint density at radius 1 is 1.57 bits per heavy atom. The van der Waals surface area contributed by atoms with Crippen LogP contribution in [0.1, 0.15) is 19.8 Å². The van der Waals surface area contributed by atoms with Gasteiger partial charge in [0.25, 0.3) is 0 Å². The summed E-state index contributed by atoms with van der Waals surface area (Å²) in [5.41, 5.74) is 0. The Hall–Kier alpha value is -1.08. The molecule has 0 spiro atoms. The predicted molar refractivity (Wildman–Crippen MR) is 51.4 cm³/mol. The minimum Gasteiger partial charge on any atom is -0.381 e. The topological polar surface area (TPSA) is 53.3 Å².